The highest BCUT2D eigenvalue weighted by Crippen LogP contribution is 2.22. The van der Waals surface area contributed by atoms with E-state index < -0.39 is 28.5 Å². The molecule has 150 valence electrons. The van der Waals surface area contributed by atoms with Gasteiger partial charge in [0.15, 0.2) is 6.61 Å². The van der Waals surface area contributed by atoms with Crippen LogP contribution in [-0.4, -0.2) is 56.5 Å². The minimum Gasteiger partial charge on any atom is -0.452 e. The SMILES string of the molecule is CSc1ncccc1C(=O)OCC(=O)Nc1cc(S(=O)(=O)N(C)C)ccc1C. The molecule has 1 amide bonds. The van der Waals surface area contributed by atoms with Crippen LogP contribution in [0.1, 0.15) is 15.9 Å². The first-order chi connectivity index (χ1) is 13.2. The molecule has 0 fully saturated rings. The lowest BCUT2D eigenvalue weighted by molar-refractivity contribution is -0.119. The van der Waals surface area contributed by atoms with Crippen LogP contribution in [0.5, 0.6) is 0 Å². The maximum absolute atomic E-state index is 12.2. The Labute approximate surface area is 168 Å². The van der Waals surface area contributed by atoms with Gasteiger partial charge in [-0.1, -0.05) is 6.07 Å². The zero-order chi connectivity index (χ0) is 20.9. The lowest BCUT2D eigenvalue weighted by Crippen LogP contribution is -2.24. The Kier molecular flexibility index (Phi) is 7.17. The number of benzene rings is 1. The van der Waals surface area contributed by atoms with Gasteiger partial charge in [-0.15, -0.1) is 11.8 Å². The van der Waals surface area contributed by atoms with Gasteiger partial charge in [0, 0.05) is 26.0 Å². The number of amides is 1. The van der Waals surface area contributed by atoms with Crippen molar-refractivity contribution in [3.8, 4) is 0 Å². The van der Waals surface area contributed by atoms with Crippen molar-refractivity contribution in [3.63, 3.8) is 0 Å². The summed E-state index contributed by atoms with van der Waals surface area (Å²) in [5.41, 5.74) is 1.28. The number of carbonyl (C=O) groups excluding carboxylic acids is 2. The zero-order valence-electron chi connectivity index (χ0n) is 15.9. The summed E-state index contributed by atoms with van der Waals surface area (Å²) in [6.07, 6.45) is 3.34. The molecule has 0 spiro atoms. The molecule has 28 heavy (non-hydrogen) atoms. The number of nitrogens with zero attached hydrogens (tertiary/aromatic N) is 2. The Morgan fingerprint density at radius 3 is 2.61 bits per heavy atom. The van der Waals surface area contributed by atoms with Crippen molar-refractivity contribution < 1.29 is 22.7 Å². The van der Waals surface area contributed by atoms with E-state index in [4.69, 9.17) is 4.74 Å². The van der Waals surface area contributed by atoms with Crippen molar-refractivity contribution in [1.82, 2.24) is 9.29 Å². The quantitative estimate of drug-likeness (QED) is 0.537. The number of thioether (sulfide) groups is 1. The molecule has 1 N–H and O–H groups in total. The zero-order valence-corrected chi connectivity index (χ0v) is 17.6. The summed E-state index contributed by atoms with van der Waals surface area (Å²) in [6.45, 7) is 1.22. The van der Waals surface area contributed by atoms with Crippen LogP contribution in [0.15, 0.2) is 46.5 Å². The predicted octanol–water partition coefficient (Wildman–Crippen LogP) is 2.16. The molecular formula is C18H21N3O5S2. The number of carbonyl (C=O) groups is 2. The molecule has 1 heterocycles. The maximum atomic E-state index is 12.2. The first-order valence-electron chi connectivity index (χ1n) is 8.16. The third-order valence-electron chi connectivity index (χ3n) is 3.78. The van der Waals surface area contributed by atoms with Gasteiger partial charge in [-0.25, -0.2) is 22.5 Å². The average molecular weight is 424 g/mol. The van der Waals surface area contributed by atoms with Crippen molar-refractivity contribution in [2.45, 2.75) is 16.8 Å². The molecule has 0 aliphatic carbocycles. The minimum absolute atomic E-state index is 0.0513. The summed E-state index contributed by atoms with van der Waals surface area (Å²) in [7, 11) is -0.784. The second-order valence-electron chi connectivity index (χ2n) is 5.95. The van der Waals surface area contributed by atoms with E-state index in [1.807, 2.05) is 0 Å². The molecule has 0 saturated heterocycles. The number of nitrogens with one attached hydrogen (secondary N) is 1. The number of hydrogen-bond donors (Lipinski definition) is 1. The average Bonchev–Trinajstić information content (AvgIpc) is 2.67. The molecule has 0 aliphatic heterocycles. The fourth-order valence-corrected chi connectivity index (χ4v) is 3.68. The smallest absolute Gasteiger partial charge is 0.341 e. The van der Waals surface area contributed by atoms with E-state index in [-0.39, 0.29) is 10.5 Å². The number of pyridine rings is 1. The third-order valence-corrected chi connectivity index (χ3v) is 6.30. The number of hydrogen-bond acceptors (Lipinski definition) is 7. The Hall–Kier alpha value is -2.43. The van der Waals surface area contributed by atoms with E-state index in [2.05, 4.69) is 10.3 Å². The number of aromatic nitrogens is 1. The molecule has 1 aromatic carbocycles. The van der Waals surface area contributed by atoms with E-state index in [0.717, 1.165) is 4.31 Å². The Balaban J connectivity index is 2.08. The molecule has 2 rings (SSSR count). The molecule has 0 saturated carbocycles. The first kappa shape index (κ1) is 21.9. The van der Waals surface area contributed by atoms with Crippen molar-refractivity contribution in [1.29, 1.82) is 0 Å². The maximum Gasteiger partial charge on any atom is 0.341 e. The molecule has 1 aromatic heterocycles. The van der Waals surface area contributed by atoms with E-state index in [1.54, 1.807) is 37.6 Å². The molecule has 0 aliphatic rings. The van der Waals surface area contributed by atoms with E-state index >= 15 is 0 Å². The summed E-state index contributed by atoms with van der Waals surface area (Å²) in [6, 6.07) is 7.61. The van der Waals surface area contributed by atoms with Crippen molar-refractivity contribution in [2.75, 3.05) is 32.3 Å². The molecule has 0 bridgehead atoms. The highest BCUT2D eigenvalue weighted by atomic mass is 32.2. The lowest BCUT2D eigenvalue weighted by Gasteiger charge is -2.14. The predicted molar refractivity (Wildman–Crippen MR) is 107 cm³/mol. The summed E-state index contributed by atoms with van der Waals surface area (Å²) in [5.74, 6) is -1.24. The van der Waals surface area contributed by atoms with Crippen LogP contribution in [0.4, 0.5) is 5.69 Å². The molecule has 10 heteroatoms. The summed E-state index contributed by atoms with van der Waals surface area (Å²) < 4.78 is 30.6. The number of ether oxygens (including phenoxy) is 1. The van der Waals surface area contributed by atoms with Gasteiger partial charge >= 0.3 is 5.97 Å². The van der Waals surface area contributed by atoms with Crippen LogP contribution in [0.25, 0.3) is 0 Å². The minimum atomic E-state index is -3.63. The van der Waals surface area contributed by atoms with Crippen molar-refractivity contribution in [2.24, 2.45) is 0 Å². The molecule has 2 aromatic rings. The van der Waals surface area contributed by atoms with Crippen LogP contribution in [-0.2, 0) is 19.6 Å². The van der Waals surface area contributed by atoms with Crippen molar-refractivity contribution >= 4 is 39.3 Å². The van der Waals surface area contributed by atoms with Gasteiger partial charge < -0.3 is 10.1 Å². The topological polar surface area (TPSA) is 106 Å². The lowest BCUT2D eigenvalue weighted by atomic mass is 10.2. The highest BCUT2D eigenvalue weighted by Gasteiger charge is 2.19. The van der Waals surface area contributed by atoms with Gasteiger partial charge in [-0.3, -0.25) is 4.79 Å². The molecule has 0 radical (unpaired) electrons. The number of aryl methyl sites for hydroxylation is 1. The van der Waals surface area contributed by atoms with Gasteiger partial charge in [0.25, 0.3) is 5.91 Å². The van der Waals surface area contributed by atoms with E-state index in [0.29, 0.717) is 16.3 Å². The number of esters is 1. The van der Waals surface area contributed by atoms with Gasteiger partial charge in [-0.2, -0.15) is 0 Å². The van der Waals surface area contributed by atoms with Gasteiger partial charge in [-0.05, 0) is 43.0 Å². The van der Waals surface area contributed by atoms with Crippen LogP contribution in [0.3, 0.4) is 0 Å². The fraction of sp³-hybridized carbons (Fsp3) is 0.278. The molecular weight excluding hydrogens is 402 g/mol. The second-order valence-corrected chi connectivity index (χ2v) is 8.90. The van der Waals surface area contributed by atoms with E-state index in [9.17, 15) is 18.0 Å². The highest BCUT2D eigenvalue weighted by molar-refractivity contribution is 7.98. The number of sulfonamides is 1. The summed E-state index contributed by atoms with van der Waals surface area (Å²) in [4.78, 5) is 28.5. The van der Waals surface area contributed by atoms with Gasteiger partial charge in [0.1, 0.15) is 5.03 Å². The second kappa shape index (κ2) is 9.18. The fourth-order valence-electron chi connectivity index (χ4n) is 2.21. The monoisotopic (exact) mass is 423 g/mol. The number of anilines is 1. The van der Waals surface area contributed by atoms with Crippen LogP contribution in [0, 0.1) is 6.92 Å². The summed E-state index contributed by atoms with van der Waals surface area (Å²) in [5, 5.41) is 3.08. The summed E-state index contributed by atoms with van der Waals surface area (Å²) >= 11 is 1.30. The van der Waals surface area contributed by atoms with Crippen LogP contribution in [0.2, 0.25) is 0 Å². The first-order valence-corrected chi connectivity index (χ1v) is 10.8. The third kappa shape index (κ3) is 5.09. The van der Waals surface area contributed by atoms with Gasteiger partial charge in [0.2, 0.25) is 10.0 Å². The van der Waals surface area contributed by atoms with Crippen molar-refractivity contribution in [3.05, 3.63) is 47.7 Å². The molecule has 0 atom stereocenters. The largest absolute Gasteiger partial charge is 0.452 e. The Morgan fingerprint density at radius 1 is 1.25 bits per heavy atom. The normalized spacial score (nSPS) is 11.3. The van der Waals surface area contributed by atoms with Gasteiger partial charge in [0.05, 0.1) is 10.5 Å². The standard InChI is InChI=1S/C18H21N3O5S2/c1-12-7-8-13(28(24,25)21(2)3)10-15(12)20-16(22)11-26-18(23)14-6-5-9-19-17(14)27-4/h5-10H,11H2,1-4H3,(H,20,22). The van der Waals surface area contributed by atoms with E-state index in [1.165, 1.54) is 38.0 Å². The van der Waals surface area contributed by atoms with Crippen LogP contribution < -0.4 is 5.32 Å². The van der Waals surface area contributed by atoms with Crippen LogP contribution >= 0.6 is 11.8 Å². The number of rotatable bonds is 7. The Morgan fingerprint density at radius 2 is 1.96 bits per heavy atom. The molecule has 8 nitrogen and oxygen atoms in total. The molecule has 0 unspecified atom stereocenters. The Bertz CT molecular complexity index is 990.